The molecule has 6 heteroatoms. The van der Waals surface area contributed by atoms with Crippen LogP contribution in [0.3, 0.4) is 0 Å². The summed E-state index contributed by atoms with van der Waals surface area (Å²) >= 11 is 0. The Labute approximate surface area is 102 Å². The molecule has 6 nitrogen and oxygen atoms in total. The first-order valence-corrected chi connectivity index (χ1v) is 5.31. The molecule has 0 fully saturated rings. The fourth-order valence-corrected chi connectivity index (χ4v) is 1.92. The molecule has 3 aromatic rings. The summed E-state index contributed by atoms with van der Waals surface area (Å²) < 4.78 is 6.49. The Morgan fingerprint density at radius 2 is 2.28 bits per heavy atom. The van der Waals surface area contributed by atoms with Crippen molar-refractivity contribution in [1.29, 1.82) is 0 Å². The van der Waals surface area contributed by atoms with Gasteiger partial charge in [-0.25, -0.2) is 14.8 Å². The van der Waals surface area contributed by atoms with Crippen LogP contribution in [0.2, 0.25) is 0 Å². The molecule has 0 saturated carbocycles. The van der Waals surface area contributed by atoms with Gasteiger partial charge in [0.15, 0.2) is 11.5 Å². The van der Waals surface area contributed by atoms with E-state index in [1.54, 1.807) is 35.0 Å². The molecule has 0 spiro atoms. The summed E-state index contributed by atoms with van der Waals surface area (Å²) in [7, 11) is 1.35. The van der Waals surface area contributed by atoms with Crippen LogP contribution < -0.4 is 5.73 Å². The maximum atomic E-state index is 11.5. The zero-order chi connectivity index (χ0) is 12.7. The Morgan fingerprint density at radius 3 is 3.06 bits per heavy atom. The molecule has 2 aromatic heterocycles. The van der Waals surface area contributed by atoms with E-state index in [0.717, 1.165) is 5.52 Å². The summed E-state index contributed by atoms with van der Waals surface area (Å²) in [6.45, 7) is 0. The first-order valence-electron chi connectivity index (χ1n) is 5.31. The molecule has 3 rings (SSSR count). The number of benzene rings is 1. The average molecular weight is 242 g/mol. The van der Waals surface area contributed by atoms with Gasteiger partial charge in [-0.1, -0.05) is 0 Å². The Kier molecular flexibility index (Phi) is 2.16. The van der Waals surface area contributed by atoms with Crippen LogP contribution in [0, 0.1) is 0 Å². The number of imidazole rings is 1. The van der Waals surface area contributed by atoms with E-state index in [4.69, 9.17) is 10.5 Å². The van der Waals surface area contributed by atoms with Gasteiger partial charge in [0.2, 0.25) is 0 Å². The van der Waals surface area contributed by atoms with Crippen LogP contribution in [-0.4, -0.2) is 27.4 Å². The van der Waals surface area contributed by atoms with Crippen LogP contribution in [0.1, 0.15) is 10.4 Å². The fraction of sp³-hybridized carbons (Fsp3) is 0.0833. The van der Waals surface area contributed by atoms with Crippen molar-refractivity contribution in [3.8, 4) is 0 Å². The van der Waals surface area contributed by atoms with Gasteiger partial charge < -0.3 is 10.5 Å². The molecular formula is C12H10N4O2. The zero-order valence-corrected chi connectivity index (χ0v) is 9.62. The highest BCUT2D eigenvalue weighted by molar-refractivity contribution is 5.94. The maximum Gasteiger partial charge on any atom is 0.337 e. The van der Waals surface area contributed by atoms with Crippen LogP contribution in [0.5, 0.6) is 0 Å². The van der Waals surface area contributed by atoms with Crippen molar-refractivity contribution in [2.24, 2.45) is 0 Å². The number of nitrogen functional groups attached to an aromatic ring is 1. The van der Waals surface area contributed by atoms with E-state index in [1.165, 1.54) is 7.11 Å². The molecule has 18 heavy (non-hydrogen) atoms. The smallest absolute Gasteiger partial charge is 0.337 e. The van der Waals surface area contributed by atoms with Crippen molar-refractivity contribution in [2.75, 3.05) is 12.8 Å². The number of carbonyl (C=O) groups excluding carboxylic acids is 1. The van der Waals surface area contributed by atoms with E-state index in [0.29, 0.717) is 22.5 Å². The van der Waals surface area contributed by atoms with Crippen LogP contribution in [0.4, 0.5) is 5.82 Å². The van der Waals surface area contributed by atoms with E-state index < -0.39 is 0 Å². The predicted molar refractivity (Wildman–Crippen MR) is 66.2 cm³/mol. The molecule has 0 saturated heterocycles. The van der Waals surface area contributed by atoms with E-state index in [2.05, 4.69) is 9.97 Å². The van der Waals surface area contributed by atoms with E-state index in [9.17, 15) is 4.79 Å². The molecular weight excluding hydrogens is 232 g/mol. The number of rotatable bonds is 1. The molecule has 0 aliphatic rings. The Bertz CT molecular complexity index is 763. The van der Waals surface area contributed by atoms with Gasteiger partial charge in [0.25, 0.3) is 0 Å². The van der Waals surface area contributed by atoms with Crippen molar-refractivity contribution in [3.63, 3.8) is 0 Å². The first-order chi connectivity index (χ1) is 8.70. The number of anilines is 1. The highest BCUT2D eigenvalue weighted by atomic mass is 16.5. The second-order valence-corrected chi connectivity index (χ2v) is 3.81. The summed E-state index contributed by atoms with van der Waals surface area (Å²) in [5.41, 5.74) is 8.31. The lowest BCUT2D eigenvalue weighted by atomic mass is 10.2. The van der Waals surface area contributed by atoms with Crippen LogP contribution in [-0.2, 0) is 4.74 Å². The fourth-order valence-electron chi connectivity index (χ4n) is 1.92. The Balaban J connectivity index is 2.38. The van der Waals surface area contributed by atoms with Crippen molar-refractivity contribution >= 4 is 28.5 Å². The SMILES string of the molecule is COC(=O)c1ccc2nc(N)c3nccn3c2c1. The lowest BCUT2D eigenvalue weighted by Crippen LogP contribution is -2.03. The number of methoxy groups -OCH3 is 1. The van der Waals surface area contributed by atoms with Gasteiger partial charge >= 0.3 is 5.97 Å². The molecule has 0 bridgehead atoms. The average Bonchev–Trinajstić information content (AvgIpc) is 2.88. The number of hydrogen-bond donors (Lipinski definition) is 1. The minimum absolute atomic E-state index is 0.360. The standard InChI is InChI=1S/C12H10N4O2/c1-18-12(17)7-2-3-8-9(6-7)16-5-4-14-11(16)10(13)15-8/h2-6H,1H3,(H2,13,15). The minimum atomic E-state index is -0.387. The highest BCUT2D eigenvalue weighted by Gasteiger charge is 2.10. The molecule has 1 aromatic carbocycles. The largest absolute Gasteiger partial charge is 0.465 e. The number of ether oxygens (including phenoxy) is 1. The monoisotopic (exact) mass is 242 g/mol. The molecule has 0 aliphatic carbocycles. The third-order valence-electron chi connectivity index (χ3n) is 2.77. The summed E-state index contributed by atoms with van der Waals surface area (Å²) in [5, 5.41) is 0. The van der Waals surface area contributed by atoms with Crippen LogP contribution in [0.25, 0.3) is 16.7 Å². The molecule has 0 unspecified atom stereocenters. The lowest BCUT2D eigenvalue weighted by Gasteiger charge is -2.05. The second kappa shape index (κ2) is 3.69. The van der Waals surface area contributed by atoms with E-state index in [-0.39, 0.29) is 5.97 Å². The first kappa shape index (κ1) is 10.5. The van der Waals surface area contributed by atoms with Gasteiger partial charge in [-0.15, -0.1) is 0 Å². The Morgan fingerprint density at radius 1 is 1.44 bits per heavy atom. The third-order valence-corrected chi connectivity index (χ3v) is 2.77. The van der Waals surface area contributed by atoms with E-state index in [1.807, 2.05) is 0 Å². The molecule has 2 N–H and O–H groups in total. The van der Waals surface area contributed by atoms with Crippen molar-refractivity contribution in [3.05, 3.63) is 36.2 Å². The minimum Gasteiger partial charge on any atom is -0.465 e. The van der Waals surface area contributed by atoms with Gasteiger partial charge in [-0.05, 0) is 18.2 Å². The molecule has 2 heterocycles. The van der Waals surface area contributed by atoms with Gasteiger partial charge in [0.05, 0.1) is 23.7 Å². The molecule has 0 aliphatic heterocycles. The summed E-state index contributed by atoms with van der Waals surface area (Å²) in [6, 6.07) is 5.10. The summed E-state index contributed by atoms with van der Waals surface area (Å²) in [5.74, 6) is -0.0275. The van der Waals surface area contributed by atoms with Gasteiger partial charge in [0.1, 0.15) is 0 Å². The number of hydrogen-bond acceptors (Lipinski definition) is 5. The molecule has 0 radical (unpaired) electrons. The van der Waals surface area contributed by atoms with E-state index >= 15 is 0 Å². The predicted octanol–water partition coefficient (Wildman–Crippen LogP) is 1.25. The third kappa shape index (κ3) is 1.39. The van der Waals surface area contributed by atoms with Crippen LogP contribution >= 0.6 is 0 Å². The summed E-state index contributed by atoms with van der Waals surface area (Å²) in [4.78, 5) is 19.9. The number of carbonyl (C=O) groups is 1. The van der Waals surface area contributed by atoms with Gasteiger partial charge in [0, 0.05) is 12.4 Å². The number of fused-ring (bicyclic) bond motifs is 3. The molecule has 0 atom stereocenters. The van der Waals surface area contributed by atoms with Crippen molar-refractivity contribution in [2.45, 2.75) is 0 Å². The number of nitrogens with two attached hydrogens (primary N) is 1. The van der Waals surface area contributed by atoms with Crippen molar-refractivity contribution in [1.82, 2.24) is 14.4 Å². The maximum absolute atomic E-state index is 11.5. The second-order valence-electron chi connectivity index (χ2n) is 3.81. The number of aromatic nitrogens is 3. The molecule has 0 amide bonds. The number of nitrogens with zero attached hydrogens (tertiary/aromatic N) is 3. The topological polar surface area (TPSA) is 82.5 Å². The van der Waals surface area contributed by atoms with Crippen LogP contribution in [0.15, 0.2) is 30.6 Å². The Hall–Kier alpha value is -2.63. The van der Waals surface area contributed by atoms with Crippen molar-refractivity contribution < 1.29 is 9.53 Å². The number of esters is 1. The van der Waals surface area contributed by atoms with Gasteiger partial charge in [-0.3, -0.25) is 4.40 Å². The highest BCUT2D eigenvalue weighted by Crippen LogP contribution is 2.20. The molecule has 90 valence electrons. The normalized spacial score (nSPS) is 10.9. The summed E-state index contributed by atoms with van der Waals surface area (Å²) in [6.07, 6.45) is 3.41. The zero-order valence-electron chi connectivity index (χ0n) is 9.62. The van der Waals surface area contributed by atoms with Gasteiger partial charge in [-0.2, -0.15) is 0 Å². The lowest BCUT2D eigenvalue weighted by molar-refractivity contribution is 0.0601. The quantitative estimate of drug-likeness (QED) is 0.649.